The van der Waals surface area contributed by atoms with E-state index in [2.05, 4.69) is 10.2 Å². The van der Waals surface area contributed by atoms with Crippen molar-refractivity contribution in [2.75, 3.05) is 0 Å². The molecule has 2 unspecified atom stereocenters. The molecule has 2 saturated carbocycles. The molecule has 138 valence electrons. The first-order valence-electron chi connectivity index (χ1n) is 8.77. The number of carbonyl (C=O) groups excluding carboxylic acids is 1. The highest BCUT2D eigenvalue weighted by molar-refractivity contribution is 7.92. The SMILES string of the molecule is O=C1CCCC(C(F)(c2nnc(C3CC3)o2)S(=O)(=O)c2ccccc2)C1. The zero-order valence-corrected chi connectivity index (χ0v) is 14.9. The number of carbonyl (C=O) groups is 1. The van der Waals surface area contributed by atoms with Crippen LogP contribution in [0.1, 0.15) is 56.2 Å². The van der Waals surface area contributed by atoms with E-state index in [1.165, 1.54) is 24.3 Å². The van der Waals surface area contributed by atoms with Crippen LogP contribution in [0.2, 0.25) is 0 Å². The lowest BCUT2D eigenvalue weighted by molar-refractivity contribution is -0.122. The first-order chi connectivity index (χ1) is 12.4. The molecule has 0 N–H and O–H groups in total. The van der Waals surface area contributed by atoms with Gasteiger partial charge < -0.3 is 4.42 Å². The molecule has 2 aromatic rings. The lowest BCUT2D eigenvalue weighted by atomic mass is 9.84. The Balaban J connectivity index is 1.84. The van der Waals surface area contributed by atoms with E-state index in [4.69, 9.17) is 4.42 Å². The van der Waals surface area contributed by atoms with Crippen LogP contribution in [-0.2, 0) is 19.6 Å². The highest BCUT2D eigenvalue weighted by atomic mass is 32.2. The standard InChI is InChI=1S/C18H19FN2O4S/c19-18(13-5-4-6-14(22)11-13,17-21-20-16(25-17)12-9-10-12)26(23,24)15-7-2-1-3-8-15/h1-3,7-8,12-13H,4-6,9-11H2. The summed E-state index contributed by atoms with van der Waals surface area (Å²) in [5.41, 5.74) is 0. The second-order valence-corrected chi connectivity index (χ2v) is 9.09. The van der Waals surface area contributed by atoms with E-state index in [1.54, 1.807) is 6.07 Å². The van der Waals surface area contributed by atoms with E-state index in [0.29, 0.717) is 12.8 Å². The van der Waals surface area contributed by atoms with Crippen LogP contribution in [0.15, 0.2) is 39.6 Å². The van der Waals surface area contributed by atoms with E-state index < -0.39 is 26.6 Å². The molecule has 0 aliphatic heterocycles. The summed E-state index contributed by atoms with van der Waals surface area (Å²) in [5.74, 6) is -1.39. The Bertz CT molecular complexity index is 924. The van der Waals surface area contributed by atoms with Gasteiger partial charge in [0.15, 0.2) is 0 Å². The Morgan fingerprint density at radius 3 is 2.50 bits per heavy atom. The number of nitrogens with zero attached hydrogens (tertiary/aromatic N) is 2. The number of ketones is 1. The molecule has 0 saturated heterocycles. The van der Waals surface area contributed by atoms with E-state index >= 15 is 4.39 Å². The van der Waals surface area contributed by atoms with Crippen LogP contribution in [0, 0.1) is 5.92 Å². The molecule has 0 bridgehead atoms. The fraction of sp³-hybridized carbons (Fsp3) is 0.500. The number of hydrogen-bond donors (Lipinski definition) is 0. The Hall–Kier alpha value is -2.09. The number of rotatable bonds is 5. The molecular weight excluding hydrogens is 359 g/mol. The largest absolute Gasteiger partial charge is 0.420 e. The highest BCUT2D eigenvalue weighted by Gasteiger charge is 2.58. The molecule has 2 aliphatic rings. The Morgan fingerprint density at radius 1 is 1.12 bits per heavy atom. The summed E-state index contributed by atoms with van der Waals surface area (Å²) in [6.07, 6.45) is 2.65. The topological polar surface area (TPSA) is 90.1 Å². The van der Waals surface area contributed by atoms with Gasteiger partial charge in [-0.3, -0.25) is 4.79 Å². The van der Waals surface area contributed by atoms with Crippen molar-refractivity contribution in [2.24, 2.45) is 5.92 Å². The van der Waals surface area contributed by atoms with E-state index in [-0.39, 0.29) is 35.3 Å². The van der Waals surface area contributed by atoms with Gasteiger partial charge in [0.05, 0.1) is 4.90 Å². The van der Waals surface area contributed by atoms with Crippen LogP contribution in [0.5, 0.6) is 0 Å². The van der Waals surface area contributed by atoms with Gasteiger partial charge >= 0.3 is 0 Å². The third-order valence-corrected chi connectivity index (χ3v) is 7.29. The second-order valence-electron chi connectivity index (χ2n) is 7.01. The van der Waals surface area contributed by atoms with Gasteiger partial charge in [0.2, 0.25) is 15.7 Å². The Labute approximate surface area is 150 Å². The molecule has 6 nitrogen and oxygen atoms in total. The van der Waals surface area contributed by atoms with Crippen molar-refractivity contribution in [3.63, 3.8) is 0 Å². The lowest BCUT2D eigenvalue weighted by Gasteiger charge is -2.32. The van der Waals surface area contributed by atoms with Crippen LogP contribution in [0.3, 0.4) is 0 Å². The molecule has 0 radical (unpaired) electrons. The zero-order chi connectivity index (χ0) is 18.4. The smallest absolute Gasteiger partial charge is 0.294 e. The monoisotopic (exact) mass is 378 g/mol. The van der Waals surface area contributed by atoms with Gasteiger partial charge in [-0.25, -0.2) is 12.8 Å². The summed E-state index contributed by atoms with van der Waals surface area (Å²) in [6, 6.07) is 7.39. The van der Waals surface area contributed by atoms with Gasteiger partial charge in [-0.05, 0) is 37.8 Å². The molecule has 2 fully saturated rings. The molecule has 1 heterocycles. The first-order valence-corrected chi connectivity index (χ1v) is 10.3. The van der Waals surface area contributed by atoms with Crippen molar-refractivity contribution in [1.29, 1.82) is 0 Å². The maximum atomic E-state index is 16.4. The minimum absolute atomic E-state index is 0.0768. The molecule has 8 heteroatoms. The number of halogens is 1. The van der Waals surface area contributed by atoms with Crippen molar-refractivity contribution in [3.8, 4) is 0 Å². The molecular formula is C18H19FN2O4S. The van der Waals surface area contributed by atoms with Gasteiger partial charge in [-0.2, -0.15) is 0 Å². The van der Waals surface area contributed by atoms with Crippen molar-refractivity contribution in [3.05, 3.63) is 42.1 Å². The number of alkyl halides is 1. The van der Waals surface area contributed by atoms with Crippen molar-refractivity contribution >= 4 is 15.6 Å². The second kappa shape index (κ2) is 6.26. The first kappa shape index (κ1) is 17.3. The average Bonchev–Trinajstić information content (AvgIpc) is 3.38. The average molecular weight is 378 g/mol. The maximum absolute atomic E-state index is 16.4. The Morgan fingerprint density at radius 2 is 1.85 bits per heavy atom. The van der Waals surface area contributed by atoms with Crippen molar-refractivity contribution < 1.29 is 22.0 Å². The summed E-state index contributed by atoms with van der Waals surface area (Å²) in [5, 5.41) is 4.71. The van der Waals surface area contributed by atoms with Crippen LogP contribution < -0.4 is 0 Å². The van der Waals surface area contributed by atoms with E-state index in [1.807, 2.05) is 0 Å². The molecule has 0 spiro atoms. The fourth-order valence-electron chi connectivity index (χ4n) is 3.49. The number of Topliss-reactive ketones (excluding diaryl/α,β-unsaturated/α-hetero) is 1. The number of hydrogen-bond acceptors (Lipinski definition) is 6. The zero-order valence-electron chi connectivity index (χ0n) is 14.1. The normalized spacial score (nSPS) is 23.6. The van der Waals surface area contributed by atoms with E-state index in [0.717, 1.165) is 12.8 Å². The van der Waals surface area contributed by atoms with Gasteiger partial charge in [0, 0.05) is 24.7 Å². The maximum Gasteiger partial charge on any atom is 0.294 e. The summed E-state index contributed by atoms with van der Waals surface area (Å²) >= 11 is 0. The molecule has 1 aromatic carbocycles. The summed E-state index contributed by atoms with van der Waals surface area (Å²) in [4.78, 5) is 11.7. The Kier molecular flexibility index (Phi) is 4.17. The third-order valence-electron chi connectivity index (χ3n) is 5.11. The number of benzene rings is 1. The number of sulfone groups is 1. The van der Waals surface area contributed by atoms with Gasteiger partial charge in [-0.1, -0.05) is 18.2 Å². The molecule has 4 rings (SSSR count). The summed E-state index contributed by atoms with van der Waals surface area (Å²) in [7, 11) is -4.48. The minimum Gasteiger partial charge on any atom is -0.420 e. The van der Waals surface area contributed by atoms with Crippen molar-refractivity contribution in [2.45, 2.75) is 54.3 Å². The van der Waals surface area contributed by atoms with Crippen LogP contribution in [-0.4, -0.2) is 24.4 Å². The lowest BCUT2D eigenvalue weighted by Crippen LogP contribution is -2.42. The van der Waals surface area contributed by atoms with Gasteiger partial charge in [0.1, 0.15) is 5.78 Å². The minimum atomic E-state index is -4.48. The predicted molar refractivity (Wildman–Crippen MR) is 89.7 cm³/mol. The molecule has 2 aliphatic carbocycles. The third kappa shape index (κ3) is 2.76. The van der Waals surface area contributed by atoms with Gasteiger partial charge in [0.25, 0.3) is 10.9 Å². The number of aromatic nitrogens is 2. The molecule has 26 heavy (non-hydrogen) atoms. The molecule has 1 aromatic heterocycles. The van der Waals surface area contributed by atoms with Crippen LogP contribution in [0.4, 0.5) is 4.39 Å². The summed E-state index contributed by atoms with van der Waals surface area (Å²) < 4.78 is 48.4. The predicted octanol–water partition coefficient (Wildman–Crippen LogP) is 3.30. The molecule has 2 atom stereocenters. The summed E-state index contributed by atoms with van der Waals surface area (Å²) in [6.45, 7) is 0. The highest BCUT2D eigenvalue weighted by Crippen LogP contribution is 2.49. The van der Waals surface area contributed by atoms with Crippen LogP contribution in [0.25, 0.3) is 0 Å². The van der Waals surface area contributed by atoms with Crippen molar-refractivity contribution in [1.82, 2.24) is 10.2 Å². The van der Waals surface area contributed by atoms with Crippen LogP contribution >= 0.6 is 0 Å². The molecule has 0 amide bonds. The van der Waals surface area contributed by atoms with Gasteiger partial charge in [-0.15, -0.1) is 10.2 Å². The van der Waals surface area contributed by atoms with E-state index in [9.17, 15) is 13.2 Å². The fourth-order valence-corrected chi connectivity index (χ4v) is 5.30. The quantitative estimate of drug-likeness (QED) is 0.793.